The Morgan fingerprint density at radius 1 is 0.604 bits per heavy atom. The normalized spacial score (nSPS) is 21.2. The summed E-state index contributed by atoms with van der Waals surface area (Å²) in [7, 11) is 0. The molecule has 1 fully saturated rings. The molecule has 0 bridgehead atoms. The number of hydrogen-bond donors (Lipinski definition) is 4. The highest BCUT2D eigenvalue weighted by Crippen LogP contribution is 2.22. The van der Waals surface area contributed by atoms with Crippen molar-refractivity contribution < 1.29 is 44.2 Å². The van der Waals surface area contributed by atoms with E-state index in [9.17, 15) is 25.2 Å². The van der Waals surface area contributed by atoms with Crippen molar-refractivity contribution in [3.63, 3.8) is 0 Å². The lowest BCUT2D eigenvalue weighted by Crippen LogP contribution is -2.59. The Balaban J connectivity index is 2.27. The van der Waals surface area contributed by atoms with Crippen molar-refractivity contribution in [2.45, 2.75) is 224 Å². The van der Waals surface area contributed by atoms with Crippen LogP contribution in [0, 0.1) is 0 Å². The van der Waals surface area contributed by atoms with Crippen molar-refractivity contribution in [3.8, 4) is 0 Å². The van der Waals surface area contributed by atoms with Crippen LogP contribution >= 0.6 is 0 Å². The first-order valence-electron chi connectivity index (χ1n) is 21.9. The Bertz CT molecular complexity index is 864. The Morgan fingerprint density at radius 2 is 1.09 bits per heavy atom. The second-order valence-corrected chi connectivity index (χ2v) is 15.1. The Labute approximate surface area is 324 Å². The molecule has 0 aromatic carbocycles. The van der Waals surface area contributed by atoms with Gasteiger partial charge in [0.2, 0.25) is 0 Å². The second-order valence-electron chi connectivity index (χ2n) is 15.1. The van der Waals surface area contributed by atoms with E-state index < -0.39 is 43.4 Å². The summed E-state index contributed by atoms with van der Waals surface area (Å²) in [6, 6.07) is 0. The zero-order valence-electron chi connectivity index (χ0n) is 34.0. The van der Waals surface area contributed by atoms with Gasteiger partial charge in [0, 0.05) is 13.0 Å². The van der Waals surface area contributed by atoms with Gasteiger partial charge in [-0.05, 0) is 44.9 Å². The number of aliphatic hydroxyl groups excluding tert-OH is 4. The van der Waals surface area contributed by atoms with Gasteiger partial charge in [-0.15, -0.1) is 0 Å². The molecular formula is C44H82O9. The molecule has 0 amide bonds. The molecule has 1 heterocycles. The minimum Gasteiger partial charge on any atom is -0.457 e. The van der Waals surface area contributed by atoms with E-state index in [1.807, 2.05) is 0 Å². The van der Waals surface area contributed by atoms with Crippen LogP contribution < -0.4 is 0 Å². The minimum absolute atomic E-state index is 0.113. The highest BCUT2D eigenvalue weighted by Gasteiger charge is 2.44. The van der Waals surface area contributed by atoms with Gasteiger partial charge >= 0.3 is 5.97 Å². The van der Waals surface area contributed by atoms with Crippen molar-refractivity contribution in [1.82, 2.24) is 0 Å². The number of esters is 1. The lowest BCUT2D eigenvalue weighted by atomic mass is 9.99. The van der Waals surface area contributed by atoms with Crippen LogP contribution in [0.3, 0.4) is 0 Å². The molecule has 1 rings (SSSR count). The van der Waals surface area contributed by atoms with Gasteiger partial charge in [-0.25, -0.2) is 0 Å². The zero-order chi connectivity index (χ0) is 38.6. The van der Waals surface area contributed by atoms with Crippen LogP contribution in [0.15, 0.2) is 24.3 Å². The van der Waals surface area contributed by atoms with E-state index >= 15 is 0 Å². The van der Waals surface area contributed by atoms with Crippen LogP contribution in [0.2, 0.25) is 0 Å². The van der Waals surface area contributed by atoms with Gasteiger partial charge in [0.25, 0.3) is 0 Å². The summed E-state index contributed by atoms with van der Waals surface area (Å²) >= 11 is 0. The summed E-state index contributed by atoms with van der Waals surface area (Å²) in [5.41, 5.74) is 0. The molecule has 1 aliphatic heterocycles. The molecule has 1 aliphatic rings. The van der Waals surface area contributed by atoms with Crippen LogP contribution in [0.4, 0.5) is 0 Å². The van der Waals surface area contributed by atoms with Gasteiger partial charge in [0.1, 0.15) is 30.5 Å². The Hall–Kier alpha value is -1.33. The Morgan fingerprint density at radius 3 is 1.64 bits per heavy atom. The molecule has 0 spiro atoms. The van der Waals surface area contributed by atoms with E-state index in [4.69, 9.17) is 18.9 Å². The molecule has 4 N–H and O–H groups in total. The van der Waals surface area contributed by atoms with E-state index in [1.165, 1.54) is 122 Å². The first-order chi connectivity index (χ1) is 25.9. The van der Waals surface area contributed by atoms with Gasteiger partial charge in [-0.2, -0.15) is 0 Å². The number of aliphatic hydroxyl groups is 4. The Kier molecular flexibility index (Phi) is 34.0. The highest BCUT2D eigenvalue weighted by atomic mass is 16.7. The first-order valence-corrected chi connectivity index (χ1v) is 21.9. The maximum Gasteiger partial charge on any atom is 0.306 e. The summed E-state index contributed by atoms with van der Waals surface area (Å²) in [5.74, 6) is -0.320. The van der Waals surface area contributed by atoms with Gasteiger partial charge in [0.05, 0.1) is 19.8 Å². The van der Waals surface area contributed by atoms with E-state index in [2.05, 4.69) is 38.2 Å². The molecule has 53 heavy (non-hydrogen) atoms. The molecule has 0 aromatic heterocycles. The third-order valence-electron chi connectivity index (χ3n) is 10.1. The SMILES string of the molecule is CCCCCC/C=C\C/C=C\CCCCCCCCCC(=O)OC(COCCCCCCCCCCCCCC)COC1OC(CO)C(O)C(O)C1O. The number of ether oxygens (including phenoxy) is 4. The molecule has 9 nitrogen and oxygen atoms in total. The smallest absolute Gasteiger partial charge is 0.306 e. The summed E-state index contributed by atoms with van der Waals surface area (Å²) in [5, 5.41) is 40.0. The lowest BCUT2D eigenvalue weighted by molar-refractivity contribution is -0.305. The second kappa shape index (κ2) is 36.3. The van der Waals surface area contributed by atoms with E-state index in [1.54, 1.807) is 0 Å². The van der Waals surface area contributed by atoms with Crippen LogP contribution in [-0.4, -0.2) is 89.6 Å². The average Bonchev–Trinajstić information content (AvgIpc) is 3.16. The number of rotatable bonds is 37. The van der Waals surface area contributed by atoms with Crippen molar-refractivity contribution in [1.29, 1.82) is 0 Å². The van der Waals surface area contributed by atoms with Crippen LogP contribution in [0.1, 0.15) is 187 Å². The predicted molar refractivity (Wildman–Crippen MR) is 215 cm³/mol. The van der Waals surface area contributed by atoms with Crippen molar-refractivity contribution in [2.24, 2.45) is 0 Å². The van der Waals surface area contributed by atoms with Crippen molar-refractivity contribution in [2.75, 3.05) is 26.4 Å². The fourth-order valence-electron chi connectivity index (χ4n) is 6.64. The van der Waals surface area contributed by atoms with Gasteiger partial charge < -0.3 is 39.4 Å². The van der Waals surface area contributed by atoms with E-state index in [0.29, 0.717) is 13.0 Å². The molecule has 312 valence electrons. The standard InChI is InChI=1S/C44H82O9/c1-3-5-7-9-11-13-15-17-18-19-20-21-22-23-25-27-29-31-33-40(46)52-38(37-51-44-43(49)42(48)41(47)39(35-45)53-44)36-50-34-32-30-28-26-24-16-14-12-10-8-6-4-2/h13,15,18-19,38-39,41-45,47-49H,3-12,14,16-17,20-37H2,1-2H3/b15-13-,19-18-. The largest absolute Gasteiger partial charge is 0.457 e. The number of carbonyl (C=O) groups is 1. The van der Waals surface area contributed by atoms with Crippen LogP contribution in [0.25, 0.3) is 0 Å². The number of hydrogen-bond acceptors (Lipinski definition) is 9. The minimum atomic E-state index is -1.53. The monoisotopic (exact) mass is 755 g/mol. The van der Waals surface area contributed by atoms with Gasteiger partial charge in [-0.3, -0.25) is 4.79 Å². The maximum absolute atomic E-state index is 12.8. The number of carbonyl (C=O) groups excluding carboxylic acids is 1. The summed E-state index contributed by atoms with van der Waals surface area (Å²) in [6.07, 6.45) is 33.4. The quantitative estimate of drug-likeness (QED) is 0.0278. The van der Waals surface area contributed by atoms with E-state index in [0.717, 1.165) is 44.9 Å². The van der Waals surface area contributed by atoms with E-state index in [-0.39, 0.29) is 19.2 Å². The summed E-state index contributed by atoms with van der Waals surface area (Å²) in [4.78, 5) is 12.8. The third-order valence-corrected chi connectivity index (χ3v) is 10.1. The average molecular weight is 755 g/mol. The fourth-order valence-corrected chi connectivity index (χ4v) is 6.64. The molecule has 1 saturated heterocycles. The molecule has 6 atom stereocenters. The molecule has 9 heteroatoms. The summed E-state index contributed by atoms with van der Waals surface area (Å²) < 4.78 is 22.8. The van der Waals surface area contributed by atoms with Crippen LogP contribution in [0.5, 0.6) is 0 Å². The number of unbranched alkanes of at least 4 members (excludes halogenated alkanes) is 22. The zero-order valence-corrected chi connectivity index (χ0v) is 34.0. The molecular weight excluding hydrogens is 672 g/mol. The molecule has 0 aromatic rings. The maximum atomic E-state index is 12.8. The van der Waals surface area contributed by atoms with Crippen molar-refractivity contribution >= 4 is 5.97 Å². The highest BCUT2D eigenvalue weighted by molar-refractivity contribution is 5.69. The van der Waals surface area contributed by atoms with Gasteiger partial charge in [-0.1, -0.05) is 160 Å². The lowest BCUT2D eigenvalue weighted by Gasteiger charge is -2.39. The molecule has 0 saturated carbocycles. The molecule has 0 radical (unpaired) electrons. The van der Waals surface area contributed by atoms with Gasteiger partial charge in [0.15, 0.2) is 6.29 Å². The predicted octanol–water partition coefficient (Wildman–Crippen LogP) is 9.42. The first kappa shape index (κ1) is 49.7. The molecule has 0 aliphatic carbocycles. The third kappa shape index (κ3) is 27.8. The summed E-state index contributed by atoms with van der Waals surface area (Å²) in [6.45, 7) is 4.54. The molecule has 6 unspecified atom stereocenters. The topological polar surface area (TPSA) is 135 Å². The van der Waals surface area contributed by atoms with Crippen molar-refractivity contribution in [3.05, 3.63) is 24.3 Å². The fraction of sp³-hybridized carbons (Fsp3) is 0.886. The number of allylic oxidation sites excluding steroid dienone is 4. The van der Waals surface area contributed by atoms with Crippen LogP contribution in [-0.2, 0) is 23.7 Å².